The number of hydrogen-bond acceptors (Lipinski definition) is 6. The normalized spacial score (nSPS) is 19.2. The largest absolute Gasteiger partial charge is 0.324 e. The summed E-state index contributed by atoms with van der Waals surface area (Å²) >= 11 is 0. The van der Waals surface area contributed by atoms with Crippen LogP contribution in [0.3, 0.4) is 0 Å². The zero-order valence-electron chi connectivity index (χ0n) is 17.5. The molecule has 0 aliphatic carbocycles. The van der Waals surface area contributed by atoms with E-state index in [4.69, 9.17) is 4.99 Å². The predicted octanol–water partition coefficient (Wildman–Crippen LogP) is 3.66. The molecule has 29 heavy (non-hydrogen) atoms. The zero-order chi connectivity index (χ0) is 20.6. The van der Waals surface area contributed by atoms with Crippen LogP contribution in [0.2, 0.25) is 0 Å². The van der Waals surface area contributed by atoms with Crippen molar-refractivity contribution in [2.45, 2.75) is 59.2 Å². The van der Waals surface area contributed by atoms with E-state index in [1.54, 1.807) is 12.5 Å². The van der Waals surface area contributed by atoms with Crippen LogP contribution in [0.4, 0.5) is 4.39 Å². The van der Waals surface area contributed by atoms with Gasteiger partial charge in [0.25, 0.3) is 0 Å². The number of imidazole rings is 1. The second kappa shape index (κ2) is 10.1. The first kappa shape index (κ1) is 21.0. The number of amidine groups is 1. The van der Waals surface area contributed by atoms with Gasteiger partial charge in [0, 0.05) is 18.8 Å². The third kappa shape index (κ3) is 4.81. The number of aromatic nitrogens is 2. The van der Waals surface area contributed by atoms with Gasteiger partial charge in [-0.15, -0.1) is 0 Å². The molecular weight excluding hydrogens is 369 g/mol. The molecule has 7 nitrogen and oxygen atoms in total. The van der Waals surface area contributed by atoms with Gasteiger partial charge in [-0.25, -0.2) is 24.4 Å². The van der Waals surface area contributed by atoms with Crippen LogP contribution in [0.15, 0.2) is 50.8 Å². The molecule has 8 heteroatoms. The molecule has 1 aromatic rings. The molecule has 0 amide bonds. The van der Waals surface area contributed by atoms with Gasteiger partial charge in [-0.3, -0.25) is 10.4 Å². The van der Waals surface area contributed by atoms with Crippen LogP contribution in [0.25, 0.3) is 0 Å². The first-order chi connectivity index (χ1) is 14.2. The molecule has 1 atom stereocenters. The predicted molar refractivity (Wildman–Crippen MR) is 116 cm³/mol. The molecule has 1 aromatic heterocycles. The monoisotopic (exact) mass is 399 g/mol. The molecule has 1 unspecified atom stereocenters. The second-order valence-corrected chi connectivity index (χ2v) is 6.97. The number of rotatable bonds is 10. The van der Waals surface area contributed by atoms with E-state index in [9.17, 15) is 4.39 Å². The molecule has 1 N–H and O–H groups in total. The van der Waals surface area contributed by atoms with Gasteiger partial charge in [-0.2, -0.15) is 0 Å². The van der Waals surface area contributed by atoms with E-state index in [1.807, 2.05) is 27.9 Å². The van der Waals surface area contributed by atoms with Crippen LogP contribution in [0, 0.1) is 0 Å². The Morgan fingerprint density at radius 3 is 2.90 bits per heavy atom. The fraction of sp³-hybridized carbons (Fsp3) is 0.524. The summed E-state index contributed by atoms with van der Waals surface area (Å²) in [4.78, 5) is 18.2. The van der Waals surface area contributed by atoms with Gasteiger partial charge in [-0.1, -0.05) is 39.3 Å². The maximum absolute atomic E-state index is 13.7. The number of alkyl halides is 1. The average Bonchev–Trinajstić information content (AvgIpc) is 3.37. The third-order valence-electron chi connectivity index (χ3n) is 4.88. The van der Waals surface area contributed by atoms with Gasteiger partial charge < -0.3 is 4.57 Å². The molecule has 156 valence electrons. The summed E-state index contributed by atoms with van der Waals surface area (Å²) in [5, 5.41) is 1.96. The fourth-order valence-corrected chi connectivity index (χ4v) is 3.44. The Kier molecular flexibility index (Phi) is 7.32. The van der Waals surface area contributed by atoms with Gasteiger partial charge in [0.15, 0.2) is 12.0 Å². The van der Waals surface area contributed by atoms with E-state index < -0.39 is 6.67 Å². The van der Waals surface area contributed by atoms with E-state index in [0.29, 0.717) is 24.6 Å². The van der Waals surface area contributed by atoms with Crippen molar-refractivity contribution in [2.75, 3.05) is 13.2 Å². The van der Waals surface area contributed by atoms with Crippen molar-refractivity contribution < 1.29 is 4.39 Å². The molecule has 2 aliphatic heterocycles. The molecule has 0 radical (unpaired) electrons. The molecule has 3 rings (SSSR count). The maximum Gasteiger partial charge on any atom is 0.166 e. The number of hydrogen-bond donors (Lipinski definition) is 1. The van der Waals surface area contributed by atoms with E-state index in [1.165, 1.54) is 5.57 Å². The number of fused-ring (bicyclic) bond motifs is 1. The Morgan fingerprint density at radius 2 is 2.17 bits per heavy atom. The second-order valence-electron chi connectivity index (χ2n) is 6.97. The van der Waals surface area contributed by atoms with Crippen molar-refractivity contribution in [3.05, 3.63) is 41.6 Å². The molecular formula is C21H30FN7. The molecule has 0 saturated carbocycles. The standard InChI is InChI=1S/C21H30FN7/c1-4-7-8-10-23-17(13-22)21-24-11-12-28(21)14-18-16(9-5-2)20-26-19(6-3)27-29(20)15-25-18/h7-8,11-12,15,20H,4-6,9-10,13-14H2,1-3H3,(H,26,27)/b8-7-,23-17?. The van der Waals surface area contributed by atoms with Crippen LogP contribution in [0.5, 0.6) is 0 Å². The van der Waals surface area contributed by atoms with Crippen molar-refractivity contribution in [3.8, 4) is 0 Å². The minimum absolute atomic E-state index is 0.0575. The van der Waals surface area contributed by atoms with Crippen LogP contribution in [0.1, 0.15) is 52.3 Å². The van der Waals surface area contributed by atoms with Crippen LogP contribution in [-0.4, -0.2) is 51.8 Å². The van der Waals surface area contributed by atoms with Crippen LogP contribution < -0.4 is 5.43 Å². The summed E-state index contributed by atoms with van der Waals surface area (Å²) in [6, 6.07) is 0. The highest BCUT2D eigenvalue weighted by atomic mass is 19.1. The fourth-order valence-electron chi connectivity index (χ4n) is 3.44. The lowest BCUT2D eigenvalue weighted by Gasteiger charge is -2.28. The summed E-state index contributed by atoms with van der Waals surface area (Å²) in [6.07, 6.45) is 13.0. The van der Waals surface area contributed by atoms with Crippen molar-refractivity contribution in [1.82, 2.24) is 20.0 Å². The number of allylic oxidation sites excluding steroid dienone is 2. The molecule has 0 bridgehead atoms. The first-order valence-corrected chi connectivity index (χ1v) is 10.3. The van der Waals surface area contributed by atoms with Crippen molar-refractivity contribution in [3.63, 3.8) is 0 Å². The van der Waals surface area contributed by atoms with Gasteiger partial charge in [-0.05, 0) is 18.4 Å². The highest BCUT2D eigenvalue weighted by Gasteiger charge is 2.31. The van der Waals surface area contributed by atoms with Gasteiger partial charge in [0.05, 0.1) is 18.8 Å². The van der Waals surface area contributed by atoms with E-state index in [-0.39, 0.29) is 6.17 Å². The number of nitrogens with one attached hydrogen (secondary N) is 1. The SMILES string of the molecule is CC/C=C\CN=C(CF)c1nccn1CC1=C(CCC)C2N=C(CC)NN2C=N1. The maximum atomic E-state index is 13.7. The van der Waals surface area contributed by atoms with Gasteiger partial charge in [0.1, 0.15) is 24.6 Å². The number of hydrazine groups is 1. The van der Waals surface area contributed by atoms with Crippen molar-refractivity contribution in [1.29, 1.82) is 0 Å². The van der Waals surface area contributed by atoms with Crippen LogP contribution in [-0.2, 0) is 6.54 Å². The Hall–Kier alpha value is -2.77. The summed E-state index contributed by atoms with van der Waals surface area (Å²) in [7, 11) is 0. The van der Waals surface area contributed by atoms with Crippen molar-refractivity contribution >= 4 is 17.9 Å². The molecule has 3 heterocycles. The average molecular weight is 400 g/mol. The highest BCUT2D eigenvalue weighted by molar-refractivity contribution is 5.98. The van der Waals surface area contributed by atoms with E-state index in [2.05, 4.69) is 41.2 Å². The molecule has 0 fully saturated rings. The third-order valence-corrected chi connectivity index (χ3v) is 4.88. The molecule has 0 saturated heterocycles. The summed E-state index contributed by atoms with van der Waals surface area (Å²) in [5.74, 6) is 1.52. The highest BCUT2D eigenvalue weighted by Crippen LogP contribution is 2.28. The van der Waals surface area contributed by atoms with Crippen LogP contribution >= 0.6 is 0 Å². The minimum atomic E-state index is -0.647. The number of nitrogens with zero attached hydrogens (tertiary/aromatic N) is 6. The smallest absolute Gasteiger partial charge is 0.166 e. The number of halogens is 1. The topological polar surface area (TPSA) is 70.2 Å². The first-order valence-electron chi connectivity index (χ1n) is 10.3. The lowest BCUT2D eigenvalue weighted by molar-refractivity contribution is 0.341. The Balaban J connectivity index is 1.86. The lowest BCUT2D eigenvalue weighted by atomic mass is 10.0. The summed E-state index contributed by atoms with van der Waals surface area (Å²) in [6.45, 7) is 6.62. The summed E-state index contributed by atoms with van der Waals surface area (Å²) in [5.41, 5.74) is 5.80. The Bertz CT molecular complexity index is 847. The molecule has 2 aliphatic rings. The van der Waals surface area contributed by atoms with E-state index >= 15 is 0 Å². The Labute approximate surface area is 171 Å². The number of aliphatic imine (C=N–C) groups is 3. The van der Waals surface area contributed by atoms with Gasteiger partial charge >= 0.3 is 0 Å². The Morgan fingerprint density at radius 1 is 1.31 bits per heavy atom. The lowest BCUT2D eigenvalue weighted by Crippen LogP contribution is -2.42. The zero-order valence-corrected chi connectivity index (χ0v) is 17.5. The molecule has 0 spiro atoms. The quantitative estimate of drug-likeness (QED) is 0.482. The molecule has 0 aromatic carbocycles. The minimum Gasteiger partial charge on any atom is -0.324 e. The van der Waals surface area contributed by atoms with E-state index in [0.717, 1.165) is 37.2 Å². The summed E-state index contributed by atoms with van der Waals surface area (Å²) < 4.78 is 15.6. The van der Waals surface area contributed by atoms with Gasteiger partial charge in [0.2, 0.25) is 0 Å². The van der Waals surface area contributed by atoms with Crippen molar-refractivity contribution in [2.24, 2.45) is 15.0 Å².